The molecule has 3 fully saturated rings. The Balaban J connectivity index is 1.75. The van der Waals surface area contributed by atoms with E-state index in [4.69, 9.17) is 10.5 Å². The van der Waals surface area contributed by atoms with Gasteiger partial charge in [0, 0.05) is 12.1 Å². The highest BCUT2D eigenvalue weighted by atomic mass is 16.5. The molecule has 1 amide bonds. The minimum Gasteiger partial charge on any atom is -0.379 e. The molecule has 2 bridgehead atoms. The van der Waals surface area contributed by atoms with Gasteiger partial charge in [-0.2, -0.15) is 0 Å². The Bertz CT molecular complexity index is 436. The molecule has 2 aliphatic carbocycles. The lowest BCUT2D eigenvalue weighted by molar-refractivity contribution is -0.132. The van der Waals surface area contributed by atoms with Gasteiger partial charge in [0.05, 0.1) is 18.6 Å². The van der Waals surface area contributed by atoms with Crippen molar-refractivity contribution in [1.29, 1.82) is 0 Å². The minimum atomic E-state index is -0.567. The summed E-state index contributed by atoms with van der Waals surface area (Å²) in [5, 5.41) is 3.32. The van der Waals surface area contributed by atoms with E-state index in [1.165, 1.54) is 12.8 Å². The lowest BCUT2D eigenvalue weighted by Gasteiger charge is -2.40. The molecule has 3 N–H and O–H groups in total. The predicted molar refractivity (Wildman–Crippen MR) is 78.1 cm³/mol. The second-order valence-corrected chi connectivity index (χ2v) is 8.18. The first-order valence-corrected chi connectivity index (χ1v) is 7.86. The number of ether oxygens (including phenoxy) is 1. The zero-order valence-corrected chi connectivity index (χ0v) is 13.2. The molecule has 1 saturated heterocycles. The molecule has 1 aliphatic heterocycles. The molecule has 4 heteroatoms. The highest BCUT2D eigenvalue weighted by molar-refractivity contribution is 5.84. The molecular weight excluding hydrogens is 252 g/mol. The van der Waals surface area contributed by atoms with E-state index in [0.717, 1.165) is 12.3 Å². The van der Waals surface area contributed by atoms with E-state index in [9.17, 15) is 4.79 Å². The maximum Gasteiger partial charge on any atom is 0.230 e. The number of nitrogens with one attached hydrogen (secondary N) is 1. The smallest absolute Gasteiger partial charge is 0.230 e. The third kappa shape index (κ3) is 1.64. The van der Waals surface area contributed by atoms with Crippen LogP contribution in [0.3, 0.4) is 0 Å². The molecule has 114 valence electrons. The molecule has 3 rings (SSSR count). The molecule has 0 radical (unpaired) electrons. The van der Waals surface area contributed by atoms with Gasteiger partial charge in [0.2, 0.25) is 5.91 Å². The summed E-state index contributed by atoms with van der Waals surface area (Å²) >= 11 is 0. The molecule has 2 saturated carbocycles. The van der Waals surface area contributed by atoms with Crippen LogP contribution in [-0.2, 0) is 9.53 Å². The van der Waals surface area contributed by atoms with E-state index in [0.29, 0.717) is 18.6 Å². The average molecular weight is 280 g/mol. The molecule has 4 nitrogen and oxygen atoms in total. The summed E-state index contributed by atoms with van der Waals surface area (Å²) < 4.78 is 5.40. The van der Waals surface area contributed by atoms with Crippen molar-refractivity contribution >= 4 is 5.91 Å². The molecular formula is C16H28N2O2. The van der Waals surface area contributed by atoms with Crippen LogP contribution in [0.1, 0.15) is 47.0 Å². The lowest BCUT2D eigenvalue weighted by Crippen LogP contribution is -2.55. The van der Waals surface area contributed by atoms with Gasteiger partial charge in [0.15, 0.2) is 0 Å². The summed E-state index contributed by atoms with van der Waals surface area (Å²) in [7, 11) is 0. The summed E-state index contributed by atoms with van der Waals surface area (Å²) in [6.45, 7) is 9.93. The van der Waals surface area contributed by atoms with Gasteiger partial charge in [-0.1, -0.05) is 20.8 Å². The van der Waals surface area contributed by atoms with Gasteiger partial charge in [-0.05, 0) is 42.9 Å². The summed E-state index contributed by atoms with van der Waals surface area (Å²) in [6, 6.07) is 0.0929. The molecule has 5 unspecified atom stereocenters. The van der Waals surface area contributed by atoms with Gasteiger partial charge in [0.25, 0.3) is 0 Å². The Hall–Kier alpha value is -0.610. The number of hydrogen-bond acceptors (Lipinski definition) is 3. The highest BCUT2D eigenvalue weighted by Gasteiger charge is 2.62. The van der Waals surface area contributed by atoms with Crippen LogP contribution >= 0.6 is 0 Å². The largest absolute Gasteiger partial charge is 0.379 e. The highest BCUT2D eigenvalue weighted by Crippen LogP contribution is 2.65. The van der Waals surface area contributed by atoms with E-state index in [2.05, 4.69) is 26.1 Å². The second-order valence-electron chi connectivity index (χ2n) is 8.18. The number of amides is 1. The first kappa shape index (κ1) is 14.3. The van der Waals surface area contributed by atoms with Crippen molar-refractivity contribution in [1.82, 2.24) is 5.32 Å². The van der Waals surface area contributed by atoms with Gasteiger partial charge >= 0.3 is 0 Å². The maximum absolute atomic E-state index is 12.7. The number of rotatable bonds is 2. The molecule has 5 atom stereocenters. The van der Waals surface area contributed by atoms with Gasteiger partial charge < -0.3 is 15.8 Å². The van der Waals surface area contributed by atoms with Crippen LogP contribution in [0.15, 0.2) is 0 Å². The topological polar surface area (TPSA) is 64.3 Å². The SMILES string of the molecule is CC1(C(=O)NC2CC3CCC2(C)C3(C)C)COCC1N. The van der Waals surface area contributed by atoms with Crippen LogP contribution in [0.25, 0.3) is 0 Å². The number of fused-ring (bicyclic) bond motifs is 2. The molecule has 3 aliphatic rings. The van der Waals surface area contributed by atoms with Crippen molar-refractivity contribution in [3.05, 3.63) is 0 Å². The van der Waals surface area contributed by atoms with Crippen LogP contribution < -0.4 is 11.1 Å². The molecule has 0 aromatic carbocycles. The quantitative estimate of drug-likeness (QED) is 0.809. The monoisotopic (exact) mass is 280 g/mol. The molecule has 0 aromatic heterocycles. The van der Waals surface area contributed by atoms with E-state index >= 15 is 0 Å². The second kappa shape index (κ2) is 4.20. The summed E-state index contributed by atoms with van der Waals surface area (Å²) in [5.74, 6) is 0.816. The maximum atomic E-state index is 12.7. The summed E-state index contributed by atoms with van der Waals surface area (Å²) in [5.41, 5.74) is 6.03. The Morgan fingerprint density at radius 3 is 2.45 bits per heavy atom. The third-order valence-electron chi connectivity index (χ3n) is 7.14. The first-order valence-electron chi connectivity index (χ1n) is 7.86. The van der Waals surface area contributed by atoms with E-state index in [1.54, 1.807) is 0 Å². The summed E-state index contributed by atoms with van der Waals surface area (Å²) in [4.78, 5) is 12.7. The molecule has 0 aromatic rings. The van der Waals surface area contributed by atoms with Crippen LogP contribution in [0.4, 0.5) is 0 Å². The summed E-state index contributed by atoms with van der Waals surface area (Å²) in [6.07, 6.45) is 3.63. The van der Waals surface area contributed by atoms with Crippen LogP contribution in [-0.4, -0.2) is 31.2 Å². The normalized spacial score (nSPS) is 49.5. The lowest BCUT2D eigenvalue weighted by atomic mass is 9.69. The molecule has 0 spiro atoms. The average Bonchev–Trinajstić information content (AvgIpc) is 2.88. The van der Waals surface area contributed by atoms with Crippen molar-refractivity contribution in [3.8, 4) is 0 Å². The van der Waals surface area contributed by atoms with Gasteiger partial charge in [-0.3, -0.25) is 4.79 Å². The van der Waals surface area contributed by atoms with Crippen molar-refractivity contribution in [3.63, 3.8) is 0 Å². The van der Waals surface area contributed by atoms with Crippen molar-refractivity contribution < 1.29 is 9.53 Å². The number of carbonyl (C=O) groups is 1. The standard InChI is InChI=1S/C16H28N2O2/c1-14(2)10-5-6-16(14,4)12(7-10)18-13(19)15(3)9-20-8-11(15)17/h10-12H,5-9,17H2,1-4H3,(H,18,19). The number of nitrogens with two attached hydrogens (primary N) is 1. The van der Waals surface area contributed by atoms with E-state index < -0.39 is 5.41 Å². The Morgan fingerprint density at radius 1 is 1.30 bits per heavy atom. The van der Waals surface area contributed by atoms with Crippen LogP contribution in [0, 0.1) is 22.2 Å². The fourth-order valence-corrected chi connectivity index (χ4v) is 4.67. The van der Waals surface area contributed by atoms with Gasteiger partial charge in [-0.25, -0.2) is 0 Å². The third-order valence-corrected chi connectivity index (χ3v) is 7.14. The zero-order valence-electron chi connectivity index (χ0n) is 13.2. The Kier molecular flexibility index (Phi) is 3.01. The van der Waals surface area contributed by atoms with E-state index in [-0.39, 0.29) is 23.4 Å². The minimum absolute atomic E-state index is 0.0806. The number of hydrogen-bond donors (Lipinski definition) is 2. The predicted octanol–water partition coefficient (Wildman–Crippen LogP) is 1.68. The fraction of sp³-hybridized carbons (Fsp3) is 0.938. The molecule has 20 heavy (non-hydrogen) atoms. The molecule has 1 heterocycles. The first-order chi connectivity index (χ1) is 9.22. The van der Waals surface area contributed by atoms with Crippen molar-refractivity contribution in [2.75, 3.05) is 13.2 Å². The van der Waals surface area contributed by atoms with Crippen LogP contribution in [0.5, 0.6) is 0 Å². The van der Waals surface area contributed by atoms with Gasteiger partial charge in [0.1, 0.15) is 0 Å². The van der Waals surface area contributed by atoms with Crippen molar-refractivity contribution in [2.24, 2.45) is 27.9 Å². The van der Waals surface area contributed by atoms with Crippen molar-refractivity contribution in [2.45, 2.75) is 59.0 Å². The van der Waals surface area contributed by atoms with Crippen LogP contribution in [0.2, 0.25) is 0 Å². The van der Waals surface area contributed by atoms with Gasteiger partial charge in [-0.15, -0.1) is 0 Å². The number of carbonyl (C=O) groups excluding carboxylic acids is 1. The van der Waals surface area contributed by atoms with E-state index in [1.807, 2.05) is 6.92 Å². The Labute approximate surface area is 121 Å². The fourth-order valence-electron chi connectivity index (χ4n) is 4.67. The zero-order chi connectivity index (χ0) is 14.8. The Morgan fingerprint density at radius 2 is 2.00 bits per heavy atom.